The van der Waals surface area contributed by atoms with Crippen molar-refractivity contribution < 1.29 is 8.42 Å². The lowest BCUT2D eigenvalue weighted by Crippen LogP contribution is -2.33. The second-order valence-electron chi connectivity index (χ2n) is 4.77. The normalized spacial score (nSPS) is 18.4. The number of rotatable bonds is 3. The molecule has 1 aromatic rings. The number of hydrogen-bond acceptors (Lipinski definition) is 3. The third-order valence-corrected chi connectivity index (χ3v) is 5.18. The number of nitrogens with zero attached hydrogens (tertiary/aromatic N) is 1. The van der Waals surface area contributed by atoms with Crippen LogP contribution in [0, 0.1) is 0 Å². The molecule has 2 rings (SSSR count). The average Bonchev–Trinajstić information content (AvgIpc) is 2.61. The lowest BCUT2D eigenvalue weighted by Gasteiger charge is -2.20. The molecule has 5 heteroatoms. The first-order chi connectivity index (χ1) is 8.59. The second kappa shape index (κ2) is 5.71. The maximum atomic E-state index is 12.3. The fourth-order valence-electron chi connectivity index (χ4n) is 2.27. The van der Waals surface area contributed by atoms with Gasteiger partial charge in [-0.2, -0.15) is 0 Å². The molecule has 1 saturated heterocycles. The molecule has 18 heavy (non-hydrogen) atoms. The fraction of sp³-hybridized carbons (Fsp3) is 0.538. The van der Waals surface area contributed by atoms with Crippen LogP contribution in [0.4, 0.5) is 5.69 Å². The van der Waals surface area contributed by atoms with Crippen LogP contribution in [0.2, 0.25) is 0 Å². The molecule has 1 heterocycles. The van der Waals surface area contributed by atoms with E-state index in [4.69, 9.17) is 5.73 Å². The summed E-state index contributed by atoms with van der Waals surface area (Å²) in [7, 11) is -3.23. The number of nitrogen functional groups attached to an aromatic ring is 1. The SMILES string of the molecule is Nc1ccccc1CS(=O)(=O)N1CCCCCC1. The van der Waals surface area contributed by atoms with Crippen LogP contribution in [0.1, 0.15) is 31.2 Å². The molecular weight excluding hydrogens is 248 g/mol. The van der Waals surface area contributed by atoms with Gasteiger partial charge < -0.3 is 5.73 Å². The van der Waals surface area contributed by atoms with E-state index in [1.54, 1.807) is 16.4 Å². The predicted molar refractivity (Wildman–Crippen MR) is 73.5 cm³/mol. The molecule has 100 valence electrons. The molecule has 1 fully saturated rings. The van der Waals surface area contributed by atoms with Gasteiger partial charge in [0.2, 0.25) is 10.0 Å². The van der Waals surface area contributed by atoms with E-state index in [1.807, 2.05) is 12.1 Å². The van der Waals surface area contributed by atoms with Gasteiger partial charge in [0.25, 0.3) is 0 Å². The zero-order valence-corrected chi connectivity index (χ0v) is 11.3. The molecule has 1 aliphatic rings. The van der Waals surface area contributed by atoms with Gasteiger partial charge in [-0.05, 0) is 24.5 Å². The second-order valence-corrected chi connectivity index (χ2v) is 6.74. The van der Waals surface area contributed by atoms with Crippen molar-refractivity contribution in [1.29, 1.82) is 0 Å². The quantitative estimate of drug-likeness (QED) is 0.853. The zero-order chi connectivity index (χ0) is 13.0. The Bertz CT molecular complexity index is 491. The van der Waals surface area contributed by atoms with Crippen LogP contribution in [-0.4, -0.2) is 25.8 Å². The van der Waals surface area contributed by atoms with E-state index in [0.29, 0.717) is 24.3 Å². The van der Waals surface area contributed by atoms with Crippen molar-refractivity contribution in [2.24, 2.45) is 0 Å². The standard InChI is InChI=1S/C13H20N2O2S/c14-13-8-4-3-7-12(13)11-18(16,17)15-9-5-1-2-6-10-15/h3-4,7-8H,1-2,5-6,9-11,14H2. The highest BCUT2D eigenvalue weighted by molar-refractivity contribution is 7.88. The van der Waals surface area contributed by atoms with Gasteiger partial charge in [0.1, 0.15) is 0 Å². The number of anilines is 1. The Labute approximate surface area is 109 Å². The number of para-hydroxylation sites is 1. The van der Waals surface area contributed by atoms with Gasteiger partial charge >= 0.3 is 0 Å². The molecule has 0 bridgehead atoms. The Hall–Kier alpha value is -1.07. The van der Waals surface area contributed by atoms with Gasteiger partial charge in [0, 0.05) is 18.8 Å². The molecule has 0 aliphatic carbocycles. The first-order valence-corrected chi connectivity index (χ1v) is 8.02. The van der Waals surface area contributed by atoms with E-state index in [1.165, 1.54) is 0 Å². The molecule has 2 N–H and O–H groups in total. The smallest absolute Gasteiger partial charge is 0.218 e. The maximum Gasteiger partial charge on any atom is 0.218 e. The first kappa shape index (κ1) is 13.4. The maximum absolute atomic E-state index is 12.3. The van der Waals surface area contributed by atoms with Crippen molar-refractivity contribution >= 4 is 15.7 Å². The van der Waals surface area contributed by atoms with Gasteiger partial charge in [0.05, 0.1) is 5.75 Å². The van der Waals surface area contributed by atoms with Crippen LogP contribution in [0.5, 0.6) is 0 Å². The van der Waals surface area contributed by atoms with Crippen molar-refractivity contribution in [3.8, 4) is 0 Å². The Morgan fingerprint density at radius 3 is 2.28 bits per heavy atom. The molecule has 0 radical (unpaired) electrons. The molecular formula is C13H20N2O2S. The monoisotopic (exact) mass is 268 g/mol. The summed E-state index contributed by atoms with van der Waals surface area (Å²) < 4.78 is 26.3. The highest BCUT2D eigenvalue weighted by atomic mass is 32.2. The predicted octanol–water partition coefficient (Wildman–Crippen LogP) is 1.97. The van der Waals surface area contributed by atoms with Crippen LogP contribution in [0.15, 0.2) is 24.3 Å². The molecule has 0 saturated carbocycles. The summed E-state index contributed by atoms with van der Waals surface area (Å²) in [5, 5.41) is 0. The molecule has 4 nitrogen and oxygen atoms in total. The summed E-state index contributed by atoms with van der Waals surface area (Å²) in [5.74, 6) is 0.0136. The van der Waals surface area contributed by atoms with E-state index in [9.17, 15) is 8.42 Å². The van der Waals surface area contributed by atoms with Crippen LogP contribution in [0.3, 0.4) is 0 Å². The van der Waals surface area contributed by atoms with Crippen molar-refractivity contribution in [3.05, 3.63) is 29.8 Å². The van der Waals surface area contributed by atoms with Gasteiger partial charge in [-0.25, -0.2) is 12.7 Å². The van der Waals surface area contributed by atoms with Crippen molar-refractivity contribution in [3.63, 3.8) is 0 Å². The van der Waals surface area contributed by atoms with Crippen LogP contribution < -0.4 is 5.73 Å². The van der Waals surface area contributed by atoms with E-state index in [2.05, 4.69) is 0 Å². The number of hydrogen-bond donors (Lipinski definition) is 1. The Kier molecular flexibility index (Phi) is 4.24. The van der Waals surface area contributed by atoms with Gasteiger partial charge in [-0.1, -0.05) is 31.0 Å². The Morgan fingerprint density at radius 1 is 1.06 bits per heavy atom. The van der Waals surface area contributed by atoms with Crippen molar-refractivity contribution in [2.45, 2.75) is 31.4 Å². The largest absolute Gasteiger partial charge is 0.398 e. The zero-order valence-electron chi connectivity index (χ0n) is 10.5. The lowest BCUT2D eigenvalue weighted by molar-refractivity contribution is 0.423. The van der Waals surface area contributed by atoms with Crippen molar-refractivity contribution in [2.75, 3.05) is 18.8 Å². The third kappa shape index (κ3) is 3.23. The summed E-state index contributed by atoms with van der Waals surface area (Å²) in [6, 6.07) is 7.17. The summed E-state index contributed by atoms with van der Waals surface area (Å²) in [5.41, 5.74) is 7.05. The molecule has 0 amide bonds. The van der Waals surface area contributed by atoms with Gasteiger partial charge in [0.15, 0.2) is 0 Å². The minimum Gasteiger partial charge on any atom is -0.398 e. The molecule has 0 aromatic heterocycles. The van der Waals surface area contributed by atoms with Crippen LogP contribution in [-0.2, 0) is 15.8 Å². The van der Waals surface area contributed by atoms with Gasteiger partial charge in [-0.15, -0.1) is 0 Å². The lowest BCUT2D eigenvalue weighted by atomic mass is 10.2. The Morgan fingerprint density at radius 2 is 1.67 bits per heavy atom. The summed E-state index contributed by atoms with van der Waals surface area (Å²) in [6.45, 7) is 1.30. The van der Waals surface area contributed by atoms with Crippen LogP contribution >= 0.6 is 0 Å². The van der Waals surface area contributed by atoms with Crippen molar-refractivity contribution in [1.82, 2.24) is 4.31 Å². The molecule has 1 aromatic carbocycles. The molecule has 1 aliphatic heterocycles. The average molecular weight is 268 g/mol. The van der Waals surface area contributed by atoms with Gasteiger partial charge in [-0.3, -0.25) is 0 Å². The van der Waals surface area contributed by atoms with E-state index in [0.717, 1.165) is 25.7 Å². The summed E-state index contributed by atoms with van der Waals surface area (Å²) >= 11 is 0. The molecule has 0 spiro atoms. The van der Waals surface area contributed by atoms with E-state index in [-0.39, 0.29) is 5.75 Å². The highest BCUT2D eigenvalue weighted by Gasteiger charge is 2.23. The van der Waals surface area contributed by atoms with Crippen LogP contribution in [0.25, 0.3) is 0 Å². The first-order valence-electron chi connectivity index (χ1n) is 6.41. The highest BCUT2D eigenvalue weighted by Crippen LogP contribution is 2.19. The number of sulfonamides is 1. The minimum absolute atomic E-state index is 0.0136. The van der Waals surface area contributed by atoms with E-state index < -0.39 is 10.0 Å². The fourth-order valence-corrected chi connectivity index (χ4v) is 3.93. The molecule has 0 atom stereocenters. The summed E-state index contributed by atoms with van der Waals surface area (Å²) in [4.78, 5) is 0. The molecule has 0 unspecified atom stereocenters. The summed E-state index contributed by atoms with van der Waals surface area (Å²) in [6.07, 6.45) is 4.17. The van der Waals surface area contributed by atoms with E-state index >= 15 is 0 Å². The minimum atomic E-state index is -3.23. The number of nitrogens with two attached hydrogens (primary N) is 1. The third-order valence-electron chi connectivity index (χ3n) is 3.35. The Balaban J connectivity index is 2.13. The topological polar surface area (TPSA) is 63.4 Å². The number of benzene rings is 1.